The molecule has 1 heterocycles. The fraction of sp³-hybridized carbons (Fsp3) is 0.750. The molecule has 0 bridgehead atoms. The first-order valence-corrected chi connectivity index (χ1v) is 4.16. The van der Waals surface area contributed by atoms with Crippen LogP contribution in [0.4, 0.5) is 0 Å². The third kappa shape index (κ3) is 1.75. The van der Waals surface area contributed by atoms with Crippen molar-refractivity contribution in [1.82, 2.24) is 10.2 Å². The topological polar surface area (TPSA) is 49.4 Å². The van der Waals surface area contributed by atoms with E-state index < -0.39 is 0 Å². The van der Waals surface area contributed by atoms with Gasteiger partial charge in [0.25, 0.3) is 0 Å². The zero-order valence-electron chi connectivity index (χ0n) is 7.46. The highest BCUT2D eigenvalue weighted by atomic mass is 16.2. The Hall–Kier alpha value is -1.06. The molecule has 4 nitrogen and oxygen atoms in total. The highest BCUT2D eigenvalue weighted by Crippen LogP contribution is 2.15. The monoisotopic (exact) mass is 170 g/mol. The molecule has 0 radical (unpaired) electrons. The predicted octanol–water partition coefficient (Wildman–Crippen LogP) is -0.399. The molecule has 1 rings (SSSR count). The van der Waals surface area contributed by atoms with Crippen LogP contribution in [0.2, 0.25) is 0 Å². The summed E-state index contributed by atoms with van der Waals surface area (Å²) >= 11 is 0. The molecule has 0 spiro atoms. The first-order valence-electron chi connectivity index (χ1n) is 4.16. The molecule has 1 aliphatic heterocycles. The molecule has 0 aliphatic carbocycles. The molecule has 1 fully saturated rings. The summed E-state index contributed by atoms with van der Waals surface area (Å²) < 4.78 is 0. The summed E-state index contributed by atoms with van der Waals surface area (Å²) in [7, 11) is 1.72. The Labute approximate surface area is 71.9 Å². The van der Waals surface area contributed by atoms with Crippen LogP contribution in [0.15, 0.2) is 0 Å². The van der Waals surface area contributed by atoms with Crippen molar-refractivity contribution in [1.29, 1.82) is 0 Å². The third-order valence-electron chi connectivity index (χ3n) is 2.06. The number of carbonyl (C=O) groups is 2. The summed E-state index contributed by atoms with van der Waals surface area (Å²) in [4.78, 5) is 23.9. The van der Waals surface area contributed by atoms with Crippen LogP contribution in [0, 0.1) is 5.92 Å². The number of hydrogen-bond donors (Lipinski definition) is 1. The van der Waals surface area contributed by atoms with Gasteiger partial charge in [0.2, 0.25) is 11.8 Å². The van der Waals surface area contributed by atoms with Crippen molar-refractivity contribution in [2.75, 3.05) is 20.1 Å². The highest BCUT2D eigenvalue weighted by Gasteiger charge is 2.31. The van der Waals surface area contributed by atoms with Crippen molar-refractivity contribution in [3.05, 3.63) is 0 Å². The minimum Gasteiger partial charge on any atom is -0.356 e. The van der Waals surface area contributed by atoms with Crippen LogP contribution in [0.25, 0.3) is 0 Å². The second kappa shape index (κ2) is 3.56. The van der Waals surface area contributed by atoms with Crippen molar-refractivity contribution in [3.8, 4) is 0 Å². The van der Waals surface area contributed by atoms with E-state index in [9.17, 15) is 9.59 Å². The van der Waals surface area contributed by atoms with Gasteiger partial charge in [0.1, 0.15) is 0 Å². The second-order valence-electron chi connectivity index (χ2n) is 3.07. The number of likely N-dealkylation sites (tertiary alicyclic amines) is 1. The van der Waals surface area contributed by atoms with E-state index in [4.69, 9.17) is 0 Å². The van der Waals surface area contributed by atoms with Gasteiger partial charge in [-0.3, -0.25) is 9.59 Å². The Morgan fingerprint density at radius 3 is 2.83 bits per heavy atom. The molecule has 1 atom stereocenters. The van der Waals surface area contributed by atoms with Gasteiger partial charge in [-0.05, 0) is 6.92 Å². The fourth-order valence-electron chi connectivity index (χ4n) is 1.36. The van der Waals surface area contributed by atoms with Gasteiger partial charge in [-0.15, -0.1) is 0 Å². The van der Waals surface area contributed by atoms with E-state index in [0.29, 0.717) is 19.5 Å². The Balaban J connectivity index is 2.46. The van der Waals surface area contributed by atoms with E-state index in [1.165, 1.54) is 0 Å². The lowest BCUT2D eigenvalue weighted by Gasteiger charge is -2.09. The minimum atomic E-state index is -0.137. The minimum absolute atomic E-state index is 0.00444. The SMILES string of the molecule is CCNC(=O)C1CC(=O)N(C)C1. The summed E-state index contributed by atoms with van der Waals surface area (Å²) in [5.74, 6) is -0.0797. The van der Waals surface area contributed by atoms with Crippen LogP contribution < -0.4 is 5.32 Å². The molecule has 4 heteroatoms. The largest absolute Gasteiger partial charge is 0.356 e. The van der Waals surface area contributed by atoms with Crippen molar-refractivity contribution in [2.24, 2.45) is 5.92 Å². The molecular formula is C8H14N2O2. The summed E-state index contributed by atoms with van der Waals surface area (Å²) in [6.45, 7) is 3.07. The first-order chi connectivity index (χ1) is 5.65. The van der Waals surface area contributed by atoms with Crippen molar-refractivity contribution >= 4 is 11.8 Å². The maximum absolute atomic E-state index is 11.2. The van der Waals surface area contributed by atoms with Crippen LogP contribution in [-0.4, -0.2) is 36.9 Å². The van der Waals surface area contributed by atoms with Crippen LogP contribution in [0.3, 0.4) is 0 Å². The van der Waals surface area contributed by atoms with Crippen molar-refractivity contribution in [3.63, 3.8) is 0 Å². The summed E-state index contributed by atoms with van der Waals surface area (Å²) in [6.07, 6.45) is 0.363. The molecule has 0 aromatic heterocycles. The van der Waals surface area contributed by atoms with Gasteiger partial charge in [-0.1, -0.05) is 0 Å². The van der Waals surface area contributed by atoms with Gasteiger partial charge in [0, 0.05) is 26.6 Å². The molecule has 1 unspecified atom stereocenters. The molecule has 0 saturated carbocycles. The molecule has 1 N–H and O–H groups in total. The Kier molecular flexibility index (Phi) is 2.68. The summed E-state index contributed by atoms with van der Waals surface area (Å²) in [6, 6.07) is 0. The quantitative estimate of drug-likeness (QED) is 0.613. The van der Waals surface area contributed by atoms with E-state index in [1.54, 1.807) is 11.9 Å². The van der Waals surface area contributed by atoms with Crippen LogP contribution in [0.5, 0.6) is 0 Å². The molecule has 68 valence electrons. The first kappa shape index (κ1) is 9.03. The van der Waals surface area contributed by atoms with Crippen LogP contribution in [-0.2, 0) is 9.59 Å². The fourth-order valence-corrected chi connectivity index (χ4v) is 1.36. The van der Waals surface area contributed by atoms with E-state index in [0.717, 1.165) is 0 Å². The van der Waals surface area contributed by atoms with Gasteiger partial charge >= 0.3 is 0 Å². The maximum Gasteiger partial charge on any atom is 0.225 e. The van der Waals surface area contributed by atoms with Gasteiger partial charge in [0.15, 0.2) is 0 Å². The lowest BCUT2D eigenvalue weighted by Crippen LogP contribution is -2.31. The Morgan fingerprint density at radius 1 is 1.75 bits per heavy atom. The van der Waals surface area contributed by atoms with Crippen molar-refractivity contribution < 1.29 is 9.59 Å². The van der Waals surface area contributed by atoms with E-state index >= 15 is 0 Å². The number of nitrogens with zero attached hydrogens (tertiary/aromatic N) is 1. The Morgan fingerprint density at radius 2 is 2.42 bits per heavy atom. The number of amides is 2. The van der Waals surface area contributed by atoms with Crippen LogP contribution >= 0.6 is 0 Å². The maximum atomic E-state index is 11.2. The van der Waals surface area contributed by atoms with Gasteiger partial charge in [0.05, 0.1) is 5.92 Å². The zero-order chi connectivity index (χ0) is 9.14. The van der Waals surface area contributed by atoms with Gasteiger partial charge < -0.3 is 10.2 Å². The summed E-state index contributed by atoms with van der Waals surface area (Å²) in [5, 5.41) is 2.71. The highest BCUT2D eigenvalue weighted by molar-refractivity contribution is 5.88. The lowest BCUT2D eigenvalue weighted by molar-refractivity contribution is -0.128. The third-order valence-corrected chi connectivity index (χ3v) is 2.06. The molecule has 0 aromatic carbocycles. The predicted molar refractivity (Wildman–Crippen MR) is 44.4 cm³/mol. The Bertz CT molecular complexity index is 203. The van der Waals surface area contributed by atoms with E-state index in [-0.39, 0.29) is 17.7 Å². The molecule has 1 saturated heterocycles. The van der Waals surface area contributed by atoms with E-state index in [2.05, 4.69) is 5.32 Å². The number of hydrogen-bond acceptors (Lipinski definition) is 2. The number of carbonyl (C=O) groups excluding carboxylic acids is 2. The summed E-state index contributed by atoms with van der Waals surface area (Å²) in [5.41, 5.74) is 0. The zero-order valence-corrected chi connectivity index (χ0v) is 7.46. The standard InChI is InChI=1S/C8H14N2O2/c1-3-9-8(12)6-4-7(11)10(2)5-6/h6H,3-5H2,1-2H3,(H,9,12). The van der Waals surface area contributed by atoms with E-state index in [1.807, 2.05) is 6.92 Å². The van der Waals surface area contributed by atoms with Crippen molar-refractivity contribution in [2.45, 2.75) is 13.3 Å². The average Bonchev–Trinajstić information content (AvgIpc) is 2.33. The normalized spacial score (nSPS) is 23.0. The molecular weight excluding hydrogens is 156 g/mol. The van der Waals surface area contributed by atoms with Crippen LogP contribution in [0.1, 0.15) is 13.3 Å². The number of nitrogens with one attached hydrogen (secondary N) is 1. The smallest absolute Gasteiger partial charge is 0.225 e. The number of rotatable bonds is 2. The van der Waals surface area contributed by atoms with Gasteiger partial charge in [-0.25, -0.2) is 0 Å². The molecule has 1 aliphatic rings. The molecule has 0 aromatic rings. The molecule has 2 amide bonds. The lowest BCUT2D eigenvalue weighted by atomic mass is 10.1. The molecule has 12 heavy (non-hydrogen) atoms. The van der Waals surface area contributed by atoms with Gasteiger partial charge in [-0.2, -0.15) is 0 Å². The average molecular weight is 170 g/mol. The second-order valence-corrected chi connectivity index (χ2v) is 3.07.